The smallest absolute Gasteiger partial charge is 0.295 e. The molecule has 30 heavy (non-hydrogen) atoms. The van der Waals surface area contributed by atoms with E-state index in [1.54, 1.807) is 42.5 Å². The van der Waals surface area contributed by atoms with Crippen molar-refractivity contribution in [2.24, 2.45) is 0 Å². The molecule has 0 aliphatic heterocycles. The van der Waals surface area contributed by atoms with E-state index in [0.29, 0.717) is 5.30 Å². The molecule has 0 aliphatic rings. The Balaban J connectivity index is 0.00000280. The van der Waals surface area contributed by atoms with Gasteiger partial charge in [-0.15, -0.1) is 0 Å². The average Bonchev–Trinajstić information content (AvgIpc) is 2.62. The van der Waals surface area contributed by atoms with Gasteiger partial charge in [-0.25, -0.2) is 0 Å². The van der Waals surface area contributed by atoms with Gasteiger partial charge >= 0.3 is 0 Å². The van der Waals surface area contributed by atoms with Crippen LogP contribution in [0.1, 0.15) is 0 Å². The van der Waals surface area contributed by atoms with Crippen molar-refractivity contribution in [3.8, 4) is 0 Å². The summed E-state index contributed by atoms with van der Waals surface area (Å²) in [7, 11) is -10.8. The second-order valence-electron chi connectivity index (χ2n) is 5.56. The van der Waals surface area contributed by atoms with Gasteiger partial charge in [-0.1, -0.05) is 66.7 Å². The molecule has 7 nitrogen and oxygen atoms in total. The van der Waals surface area contributed by atoms with Crippen LogP contribution in [0, 0.1) is 0 Å². The van der Waals surface area contributed by atoms with Crippen LogP contribution < -0.4 is 15.9 Å². The molecule has 150 valence electrons. The molecule has 0 bridgehead atoms. The van der Waals surface area contributed by atoms with Crippen LogP contribution in [0.2, 0.25) is 0 Å². The Hall–Kier alpha value is 1.14. The van der Waals surface area contributed by atoms with Gasteiger partial charge in [0.05, 0.1) is 0 Å². The van der Waals surface area contributed by atoms with Crippen LogP contribution in [0.5, 0.6) is 0 Å². The number of hydrogen-bond donors (Lipinski definition) is 2. The molecule has 3 aromatic carbocycles. The van der Waals surface area contributed by atoms with E-state index in [9.17, 15) is 25.9 Å². The summed E-state index contributed by atoms with van der Waals surface area (Å²) < 4.78 is 66.9. The van der Waals surface area contributed by atoms with Crippen molar-refractivity contribution in [2.45, 2.75) is 9.79 Å². The Bertz CT molecular complexity index is 1110. The molecule has 0 aliphatic carbocycles. The fourth-order valence-corrected chi connectivity index (χ4v) is 7.46. The zero-order valence-corrected chi connectivity index (χ0v) is 25.1. The van der Waals surface area contributed by atoms with E-state index in [1.807, 2.05) is 0 Å². The number of hydrogen-bond acceptors (Lipinski definition) is 4. The van der Waals surface area contributed by atoms with Crippen LogP contribution >= 0.6 is 7.92 Å². The minimum absolute atomic E-state index is 0. The summed E-state index contributed by atoms with van der Waals surface area (Å²) in [6, 6.07) is 20.5. The first-order valence-corrected chi connectivity index (χ1v) is 11.9. The zero-order chi connectivity index (χ0) is 19.7. The van der Waals surface area contributed by atoms with Gasteiger partial charge in [0.1, 0.15) is 9.79 Å². The minimum atomic E-state index is -4.54. The van der Waals surface area contributed by atoms with Crippen molar-refractivity contribution >= 4 is 147 Å². The molecule has 0 heterocycles. The van der Waals surface area contributed by atoms with E-state index in [2.05, 4.69) is 0 Å². The molecule has 0 aromatic heterocycles. The van der Waals surface area contributed by atoms with E-state index in [1.165, 1.54) is 36.4 Å². The normalized spacial score (nSPS) is 11.0. The average molecular weight is 519 g/mol. The fourth-order valence-electron chi connectivity index (χ4n) is 2.71. The van der Waals surface area contributed by atoms with Gasteiger partial charge < -0.3 is 5.48 Å². The molecule has 0 unspecified atom stereocenters. The maximum atomic E-state index is 11.9. The quantitative estimate of drug-likeness (QED) is 0.284. The third kappa shape index (κ3) is 7.59. The topological polar surface area (TPSA) is 140 Å². The van der Waals surface area contributed by atoms with Gasteiger partial charge in [0.15, 0.2) is 0 Å². The largest absolute Gasteiger partial charge is 0.412 e. The Labute approximate surface area is 262 Å². The van der Waals surface area contributed by atoms with E-state index in [4.69, 9.17) is 0 Å². The summed E-state index contributed by atoms with van der Waals surface area (Å²) in [5.41, 5.74) is 0. The zero-order valence-electron chi connectivity index (χ0n) is 16.3. The molecule has 0 spiro atoms. The molecular weight excluding hydrogens is 501 g/mol. The van der Waals surface area contributed by atoms with Crippen LogP contribution in [0.15, 0.2) is 88.7 Å². The van der Waals surface area contributed by atoms with E-state index in [-0.39, 0.29) is 129 Å². The molecule has 4 N–H and O–H groups in total. The second kappa shape index (κ2) is 13.1. The molecule has 12 heteroatoms. The maximum absolute atomic E-state index is 11.9. The molecule has 0 amide bonds. The van der Waals surface area contributed by atoms with Gasteiger partial charge in [0.2, 0.25) is 0 Å². The number of rotatable bonds is 5. The molecule has 3 rings (SSSR count). The SMILES string of the molecule is O.O=S(=O)(O)c1ccccc1P(c1ccccc1)c1ccccc1S(=O)(=O)O.[K].[K]. The Morgan fingerprint density at radius 2 is 0.900 bits per heavy atom. The summed E-state index contributed by atoms with van der Waals surface area (Å²) in [6.45, 7) is 0. The van der Waals surface area contributed by atoms with E-state index < -0.39 is 28.2 Å². The van der Waals surface area contributed by atoms with Gasteiger partial charge in [-0.05, 0) is 25.4 Å². The van der Waals surface area contributed by atoms with Gasteiger partial charge in [0.25, 0.3) is 20.2 Å². The van der Waals surface area contributed by atoms with Gasteiger partial charge in [-0.2, -0.15) is 16.8 Å². The fraction of sp³-hybridized carbons (Fsp3) is 0. The first kappa shape index (κ1) is 31.1. The van der Waals surface area contributed by atoms with Crippen molar-refractivity contribution in [2.75, 3.05) is 0 Å². The first-order chi connectivity index (χ1) is 12.7. The second-order valence-corrected chi connectivity index (χ2v) is 10.5. The van der Waals surface area contributed by atoms with Crippen LogP contribution in [0.25, 0.3) is 0 Å². The van der Waals surface area contributed by atoms with Gasteiger partial charge in [0, 0.05) is 113 Å². The standard InChI is InChI=1S/C18H15O6PS2.2K.H2O/c19-26(20,21)17-12-6-4-10-15(17)25(14-8-2-1-3-9-14)16-11-5-7-13-18(16)27(22,23)24;;;/h1-13H,(H,19,20,21)(H,22,23,24);;;1H2. The molecule has 0 saturated heterocycles. The van der Waals surface area contributed by atoms with Crippen LogP contribution in [0.3, 0.4) is 0 Å². The monoisotopic (exact) mass is 518 g/mol. The summed E-state index contributed by atoms with van der Waals surface area (Å²) in [5.74, 6) is 0. The Morgan fingerprint density at radius 1 is 0.567 bits per heavy atom. The summed E-state index contributed by atoms with van der Waals surface area (Å²) in [5, 5.41) is 1.19. The van der Waals surface area contributed by atoms with E-state index in [0.717, 1.165) is 0 Å². The Kier molecular flexibility index (Phi) is 13.6. The van der Waals surface area contributed by atoms with Crippen molar-refractivity contribution in [3.05, 3.63) is 78.9 Å². The molecule has 2 radical (unpaired) electrons. The van der Waals surface area contributed by atoms with Crippen molar-refractivity contribution in [3.63, 3.8) is 0 Å². The van der Waals surface area contributed by atoms with Crippen LogP contribution in [-0.2, 0) is 20.2 Å². The Morgan fingerprint density at radius 3 is 1.27 bits per heavy atom. The number of benzene rings is 3. The van der Waals surface area contributed by atoms with Crippen molar-refractivity contribution in [1.29, 1.82) is 0 Å². The van der Waals surface area contributed by atoms with Crippen molar-refractivity contribution < 1.29 is 31.4 Å². The maximum Gasteiger partial charge on any atom is 0.295 e. The predicted octanol–water partition coefficient (Wildman–Crippen LogP) is 0.352. The van der Waals surface area contributed by atoms with Crippen molar-refractivity contribution in [1.82, 2.24) is 0 Å². The predicted molar refractivity (Wildman–Crippen MR) is 120 cm³/mol. The molecular formula is C18H17K2O7PS2. The molecule has 0 atom stereocenters. The first-order valence-electron chi connectivity index (χ1n) is 7.68. The summed E-state index contributed by atoms with van der Waals surface area (Å²) in [4.78, 5) is -0.602. The van der Waals surface area contributed by atoms with Crippen LogP contribution in [-0.4, -0.2) is 134 Å². The van der Waals surface area contributed by atoms with E-state index >= 15 is 0 Å². The molecule has 3 aromatic rings. The molecule has 0 saturated carbocycles. The third-order valence-corrected chi connectivity index (χ3v) is 8.47. The summed E-state index contributed by atoms with van der Waals surface area (Å²) in [6.07, 6.45) is 0. The van der Waals surface area contributed by atoms with Crippen LogP contribution in [0.4, 0.5) is 0 Å². The molecule has 0 fully saturated rings. The van der Waals surface area contributed by atoms with Gasteiger partial charge in [-0.3, -0.25) is 9.11 Å². The third-order valence-electron chi connectivity index (χ3n) is 3.78. The minimum Gasteiger partial charge on any atom is -0.412 e. The summed E-state index contributed by atoms with van der Waals surface area (Å²) >= 11 is 0.